The number of ether oxygens (including phenoxy) is 1. The van der Waals surface area contributed by atoms with Crippen molar-refractivity contribution in [3.8, 4) is 28.5 Å². The maximum Gasteiger partial charge on any atom is 0.417 e. The summed E-state index contributed by atoms with van der Waals surface area (Å²) < 4.78 is 90.5. The molecule has 16 heteroatoms. The number of benzene rings is 3. The Bertz CT molecular complexity index is 2040. The fourth-order valence-electron chi connectivity index (χ4n) is 4.70. The molecule has 0 saturated heterocycles. The number of alkyl halides is 6. The van der Waals surface area contributed by atoms with Gasteiger partial charge in [0.05, 0.1) is 30.4 Å². The van der Waals surface area contributed by atoms with E-state index in [1.807, 2.05) is 12.1 Å². The first-order valence-corrected chi connectivity index (χ1v) is 13.7. The molecular formula is C31H21F6N9O. The molecule has 0 spiro atoms. The minimum Gasteiger partial charge on any atom is -0.497 e. The average molecular weight is 650 g/mol. The number of methoxy groups -OCH3 is 1. The molecule has 6 rings (SSSR count). The molecule has 10 nitrogen and oxygen atoms in total. The smallest absolute Gasteiger partial charge is 0.417 e. The van der Waals surface area contributed by atoms with E-state index in [0.717, 1.165) is 34.5 Å². The van der Waals surface area contributed by atoms with Crippen LogP contribution in [-0.4, -0.2) is 52.0 Å². The molecule has 0 radical (unpaired) electrons. The number of hydrogen-bond acceptors (Lipinski definition) is 8. The van der Waals surface area contributed by atoms with Gasteiger partial charge in [-0.1, -0.05) is 48.5 Å². The number of rotatable bonds is 8. The number of hydrogen-bond donors (Lipinski definition) is 0. The molecule has 0 saturated carbocycles. The summed E-state index contributed by atoms with van der Waals surface area (Å²) >= 11 is 0. The zero-order chi connectivity index (χ0) is 33.2. The summed E-state index contributed by atoms with van der Waals surface area (Å²) in [6, 6.07) is 16.2. The van der Waals surface area contributed by atoms with E-state index >= 15 is 0 Å². The summed E-state index contributed by atoms with van der Waals surface area (Å²) in [6.07, 6.45) is -4.28. The molecule has 47 heavy (non-hydrogen) atoms. The lowest BCUT2D eigenvalue weighted by Crippen LogP contribution is -2.09. The van der Waals surface area contributed by atoms with Crippen LogP contribution in [0.15, 0.2) is 91.5 Å². The maximum absolute atomic E-state index is 14.2. The lowest BCUT2D eigenvalue weighted by molar-refractivity contribution is -0.137. The summed E-state index contributed by atoms with van der Waals surface area (Å²) in [6.45, 7) is 0.210. The first-order chi connectivity index (χ1) is 22.5. The van der Waals surface area contributed by atoms with Gasteiger partial charge in [0, 0.05) is 35.3 Å². The lowest BCUT2D eigenvalue weighted by atomic mass is 10.1. The van der Waals surface area contributed by atoms with Crippen molar-refractivity contribution in [1.29, 1.82) is 0 Å². The number of aromatic nitrogens is 9. The molecule has 0 N–H and O–H groups in total. The number of halogens is 6. The fraction of sp³-hybridized carbons (Fsp3) is 0.129. The van der Waals surface area contributed by atoms with E-state index in [4.69, 9.17) is 4.74 Å². The van der Waals surface area contributed by atoms with Crippen LogP contribution >= 0.6 is 0 Å². The van der Waals surface area contributed by atoms with Gasteiger partial charge in [-0.25, -0.2) is 19.6 Å². The Morgan fingerprint density at radius 3 is 2.04 bits per heavy atom. The minimum atomic E-state index is -4.82. The van der Waals surface area contributed by atoms with Gasteiger partial charge in [0.2, 0.25) is 5.82 Å². The topological polar surface area (TPSA) is 109 Å². The van der Waals surface area contributed by atoms with Crippen LogP contribution in [0, 0.1) is 0 Å². The minimum absolute atomic E-state index is 0.0103. The van der Waals surface area contributed by atoms with Gasteiger partial charge < -0.3 is 4.74 Å². The molecule has 6 aromatic rings. The highest BCUT2D eigenvalue weighted by Gasteiger charge is 2.37. The highest BCUT2D eigenvalue weighted by Crippen LogP contribution is 2.39. The van der Waals surface area contributed by atoms with E-state index in [1.54, 1.807) is 19.2 Å². The van der Waals surface area contributed by atoms with Gasteiger partial charge in [-0.05, 0) is 35.0 Å². The van der Waals surface area contributed by atoms with Crippen LogP contribution in [0.2, 0.25) is 0 Å². The molecule has 3 aromatic heterocycles. The molecule has 0 unspecified atom stereocenters. The van der Waals surface area contributed by atoms with Crippen molar-refractivity contribution in [2.75, 3.05) is 7.11 Å². The van der Waals surface area contributed by atoms with Crippen molar-refractivity contribution in [2.24, 2.45) is 0 Å². The van der Waals surface area contributed by atoms with E-state index in [0.29, 0.717) is 11.3 Å². The third-order valence-corrected chi connectivity index (χ3v) is 6.88. The highest BCUT2D eigenvalue weighted by atomic mass is 19.4. The van der Waals surface area contributed by atoms with Crippen molar-refractivity contribution in [3.05, 3.63) is 120 Å². The van der Waals surface area contributed by atoms with Crippen molar-refractivity contribution < 1.29 is 31.1 Å². The Kier molecular flexibility index (Phi) is 8.24. The summed E-state index contributed by atoms with van der Waals surface area (Å²) in [5, 5.41) is 16.9. The van der Waals surface area contributed by atoms with Crippen molar-refractivity contribution in [1.82, 2.24) is 44.9 Å². The first kappa shape index (κ1) is 31.1. The van der Waals surface area contributed by atoms with Gasteiger partial charge in [0.15, 0.2) is 11.6 Å². The molecule has 3 heterocycles. The van der Waals surface area contributed by atoms with Crippen molar-refractivity contribution in [2.45, 2.75) is 18.9 Å². The van der Waals surface area contributed by atoms with E-state index in [9.17, 15) is 26.3 Å². The molecule has 0 aliphatic heterocycles. The molecule has 238 valence electrons. The highest BCUT2D eigenvalue weighted by molar-refractivity contribution is 5.85. The molecule has 0 atom stereocenters. The average Bonchev–Trinajstić information content (AvgIpc) is 3.71. The van der Waals surface area contributed by atoms with Crippen molar-refractivity contribution in [3.63, 3.8) is 0 Å². The fourth-order valence-corrected chi connectivity index (χ4v) is 4.70. The third-order valence-electron chi connectivity index (χ3n) is 6.88. The molecular weight excluding hydrogens is 628 g/mol. The second-order valence-electron chi connectivity index (χ2n) is 9.95. The van der Waals surface area contributed by atoms with Crippen LogP contribution < -0.4 is 4.74 Å². The Morgan fingerprint density at radius 2 is 1.40 bits per heavy atom. The predicted molar refractivity (Wildman–Crippen MR) is 156 cm³/mol. The summed E-state index contributed by atoms with van der Waals surface area (Å²) in [7, 11) is 1.54. The van der Waals surface area contributed by atoms with Crippen LogP contribution in [0.3, 0.4) is 0 Å². The number of tetrazole rings is 1. The summed E-state index contributed by atoms with van der Waals surface area (Å²) in [5.41, 5.74) is -1.68. The Hall–Kier alpha value is -5.93. The van der Waals surface area contributed by atoms with Crippen LogP contribution in [0.25, 0.3) is 34.5 Å². The zero-order valence-electron chi connectivity index (χ0n) is 24.1. The van der Waals surface area contributed by atoms with E-state index in [2.05, 4.69) is 35.5 Å². The van der Waals surface area contributed by atoms with Crippen LogP contribution in [0.1, 0.15) is 28.1 Å². The quantitative estimate of drug-likeness (QED) is 0.171. The van der Waals surface area contributed by atoms with Crippen LogP contribution in [0.4, 0.5) is 26.3 Å². The standard InChI is InChI=1S/C31H21F6N9O/c1-47-21-12-10-19(11-13-21)16-46-43-28(41-44-46)24(20-14-38-18-39-15-20)17-45-29(23-7-3-5-9-26(23)31(35,36)37)40-27(42-45)22-6-2-4-8-25(22)30(32,33)34/h2-15,17-18H,16H2,1H3. The second kappa shape index (κ2) is 12.5. The van der Waals surface area contributed by atoms with Gasteiger partial charge in [0.25, 0.3) is 0 Å². The summed E-state index contributed by atoms with van der Waals surface area (Å²) in [5.74, 6) is -0.176. The van der Waals surface area contributed by atoms with Crippen LogP contribution in [-0.2, 0) is 18.9 Å². The van der Waals surface area contributed by atoms with E-state index < -0.39 is 40.4 Å². The van der Waals surface area contributed by atoms with Gasteiger partial charge in [-0.3, -0.25) is 0 Å². The van der Waals surface area contributed by atoms with Gasteiger partial charge >= 0.3 is 12.4 Å². The second-order valence-corrected chi connectivity index (χ2v) is 9.95. The Balaban J connectivity index is 1.53. The lowest BCUT2D eigenvalue weighted by Gasteiger charge is -2.12. The number of nitrogens with zero attached hydrogens (tertiary/aromatic N) is 9. The molecule has 0 aliphatic carbocycles. The third kappa shape index (κ3) is 6.70. The zero-order valence-corrected chi connectivity index (χ0v) is 24.1. The SMILES string of the molecule is COc1ccc(Cn2nnc(C(=Cn3nc(-c4ccccc4C(F)(F)F)nc3-c3ccccc3C(F)(F)F)c3cncnc3)n2)cc1. The molecule has 0 bridgehead atoms. The van der Waals surface area contributed by atoms with Crippen LogP contribution in [0.5, 0.6) is 5.75 Å². The molecule has 3 aromatic carbocycles. The molecule has 0 fully saturated rings. The molecule has 0 amide bonds. The predicted octanol–water partition coefficient (Wildman–Crippen LogP) is 6.53. The normalized spacial score (nSPS) is 12.4. The Morgan fingerprint density at radius 1 is 0.787 bits per heavy atom. The van der Waals surface area contributed by atoms with Gasteiger partial charge in [-0.15, -0.1) is 15.3 Å². The van der Waals surface area contributed by atoms with E-state index in [1.165, 1.54) is 54.0 Å². The van der Waals surface area contributed by atoms with E-state index in [-0.39, 0.29) is 23.8 Å². The Labute approximate surface area is 262 Å². The largest absolute Gasteiger partial charge is 0.497 e. The summed E-state index contributed by atoms with van der Waals surface area (Å²) in [4.78, 5) is 13.5. The van der Waals surface area contributed by atoms with Crippen molar-refractivity contribution >= 4 is 11.8 Å². The molecule has 0 aliphatic rings. The van der Waals surface area contributed by atoms with Gasteiger partial charge in [-0.2, -0.15) is 31.1 Å². The van der Waals surface area contributed by atoms with Gasteiger partial charge in [0.1, 0.15) is 12.1 Å². The maximum atomic E-state index is 14.2. The monoisotopic (exact) mass is 649 g/mol. The first-order valence-electron chi connectivity index (χ1n) is 13.7.